The molecule has 0 aliphatic heterocycles. The third-order valence-electron chi connectivity index (χ3n) is 6.02. The number of rotatable bonds is 11. The summed E-state index contributed by atoms with van der Waals surface area (Å²) in [5.41, 5.74) is 2.15. The molecule has 12 heteroatoms. The first-order valence-electron chi connectivity index (χ1n) is 12.6. The Labute approximate surface area is 238 Å². The minimum Gasteiger partial charge on any atom is -0.426 e. The Balaban J connectivity index is 1.69. The molecule has 4 aromatic rings. The van der Waals surface area contributed by atoms with E-state index in [-0.39, 0.29) is 28.1 Å². The number of carbonyl (C=O) groups is 1. The van der Waals surface area contributed by atoms with Gasteiger partial charge in [0.1, 0.15) is 11.4 Å². The molecule has 0 radical (unpaired) electrons. The number of carbonyl (C=O) groups excluding carboxylic acids is 1. The Kier molecular flexibility index (Phi) is 9.31. The van der Waals surface area contributed by atoms with Gasteiger partial charge in [-0.3, -0.25) is 9.48 Å². The highest BCUT2D eigenvalue weighted by Gasteiger charge is 2.27. The van der Waals surface area contributed by atoms with Gasteiger partial charge in [0.2, 0.25) is 5.91 Å². The Bertz CT molecular complexity index is 1580. The molecular weight excluding hydrogens is 553 g/mol. The van der Waals surface area contributed by atoms with Crippen LogP contribution >= 0.6 is 11.6 Å². The molecule has 40 heavy (non-hydrogen) atoms. The summed E-state index contributed by atoms with van der Waals surface area (Å²) in [6.45, 7) is 3.62. The Morgan fingerprint density at radius 3 is 2.40 bits per heavy atom. The van der Waals surface area contributed by atoms with Crippen molar-refractivity contribution in [1.29, 1.82) is 0 Å². The topological polar surface area (TPSA) is 131 Å². The van der Waals surface area contributed by atoms with E-state index in [1.165, 1.54) is 28.9 Å². The number of aromatic nitrogens is 2. The smallest absolute Gasteiger partial charge is 0.426 e. The predicted molar refractivity (Wildman–Crippen MR) is 154 cm³/mol. The predicted octanol–water partition coefficient (Wildman–Crippen LogP) is 4.18. The van der Waals surface area contributed by atoms with Gasteiger partial charge in [0, 0.05) is 10.6 Å². The van der Waals surface area contributed by atoms with Crippen molar-refractivity contribution in [1.82, 2.24) is 15.1 Å². The second kappa shape index (κ2) is 12.7. The van der Waals surface area contributed by atoms with E-state index in [4.69, 9.17) is 15.8 Å². The van der Waals surface area contributed by atoms with Crippen LogP contribution in [0, 0.1) is 5.92 Å². The molecule has 208 valence electrons. The average molecular weight is 582 g/mol. The molecule has 4 rings (SSSR count). The summed E-state index contributed by atoms with van der Waals surface area (Å²) >= 11 is 5.98. The zero-order valence-electron chi connectivity index (χ0n) is 21.9. The molecule has 3 N–H and O–H groups in total. The summed E-state index contributed by atoms with van der Waals surface area (Å²) in [5, 5.41) is 27.0. The van der Waals surface area contributed by atoms with Gasteiger partial charge >= 0.3 is 17.2 Å². The van der Waals surface area contributed by atoms with Gasteiger partial charge in [-0.15, -0.1) is 0 Å². The van der Waals surface area contributed by atoms with Crippen LogP contribution < -0.4 is 9.50 Å². The van der Waals surface area contributed by atoms with E-state index in [9.17, 15) is 23.3 Å². The molecule has 0 fully saturated rings. The summed E-state index contributed by atoms with van der Waals surface area (Å²) in [7, 11) is -5.91. The van der Waals surface area contributed by atoms with E-state index in [2.05, 4.69) is 10.4 Å². The van der Waals surface area contributed by atoms with E-state index in [0.717, 1.165) is 5.56 Å². The van der Waals surface area contributed by atoms with Crippen LogP contribution in [0.4, 0.5) is 0 Å². The van der Waals surface area contributed by atoms with Crippen LogP contribution in [0.2, 0.25) is 5.02 Å². The molecule has 9 nitrogen and oxygen atoms in total. The van der Waals surface area contributed by atoms with E-state index in [1.807, 2.05) is 44.2 Å². The third-order valence-corrected chi connectivity index (χ3v) is 7.49. The fraction of sp³-hybridized carbons (Fsp3) is 0.214. The maximum atomic E-state index is 13.0. The SMILES string of the molecule is CC(C)CC(NC(=O)Cn1nc(-c2ccccc2OS(=O)(=O)c2cccc(Cl)c2)cc1-c1ccccc1)B(O)O. The largest absolute Gasteiger partial charge is 0.475 e. The van der Waals surface area contributed by atoms with Crippen molar-refractivity contribution in [3.05, 3.63) is 90.0 Å². The zero-order valence-corrected chi connectivity index (χ0v) is 23.5. The molecule has 0 saturated carbocycles. The molecule has 1 atom stereocenters. The molecule has 0 aliphatic carbocycles. The van der Waals surface area contributed by atoms with Crippen LogP contribution in [0.25, 0.3) is 22.5 Å². The van der Waals surface area contributed by atoms with E-state index in [0.29, 0.717) is 23.4 Å². The molecule has 0 bridgehead atoms. The van der Waals surface area contributed by atoms with Crippen molar-refractivity contribution in [2.45, 2.75) is 37.6 Å². The van der Waals surface area contributed by atoms with Crippen LogP contribution in [-0.2, 0) is 21.5 Å². The van der Waals surface area contributed by atoms with Gasteiger partial charge in [-0.05, 0) is 54.3 Å². The Hall–Kier alpha value is -3.64. The number of nitrogens with zero attached hydrogens (tertiary/aromatic N) is 2. The molecule has 0 saturated heterocycles. The lowest BCUT2D eigenvalue weighted by molar-refractivity contribution is -0.122. The minimum atomic E-state index is -4.20. The summed E-state index contributed by atoms with van der Waals surface area (Å²) < 4.78 is 33.0. The van der Waals surface area contributed by atoms with Crippen LogP contribution in [0.5, 0.6) is 5.75 Å². The number of halogens is 1. The molecule has 1 heterocycles. The molecule has 1 amide bonds. The summed E-state index contributed by atoms with van der Waals surface area (Å²) in [6.07, 6.45) is 0.380. The van der Waals surface area contributed by atoms with Crippen molar-refractivity contribution in [2.24, 2.45) is 5.92 Å². The van der Waals surface area contributed by atoms with Crippen molar-refractivity contribution < 1.29 is 27.4 Å². The van der Waals surface area contributed by atoms with Gasteiger partial charge in [0.25, 0.3) is 0 Å². The normalized spacial score (nSPS) is 12.2. The maximum Gasteiger partial charge on any atom is 0.475 e. The summed E-state index contributed by atoms with van der Waals surface area (Å²) in [5.74, 6) is -1.12. The van der Waals surface area contributed by atoms with Gasteiger partial charge in [0.05, 0.1) is 17.3 Å². The first kappa shape index (κ1) is 29.4. The quantitative estimate of drug-likeness (QED) is 0.179. The second-order valence-corrected chi connectivity index (χ2v) is 11.6. The highest BCUT2D eigenvalue weighted by molar-refractivity contribution is 7.87. The first-order chi connectivity index (χ1) is 19.0. The lowest BCUT2D eigenvalue weighted by atomic mass is 9.75. The molecule has 3 aromatic carbocycles. The standard InChI is InChI=1S/C28H29BClN3O6S/c1-19(2)15-27(29(35)36)31-28(34)18-33-25(20-9-4-3-5-10-20)17-24(32-33)23-13-6-7-14-26(23)39-40(37,38)22-12-8-11-21(30)16-22/h3-14,16-17,19,27,35-36H,15,18H2,1-2H3,(H,31,34). The average Bonchev–Trinajstić information content (AvgIpc) is 3.32. The number of amides is 1. The van der Waals surface area contributed by atoms with Gasteiger partial charge in [-0.2, -0.15) is 13.5 Å². The Morgan fingerprint density at radius 1 is 1.02 bits per heavy atom. The summed E-state index contributed by atoms with van der Waals surface area (Å²) in [4.78, 5) is 12.9. The van der Waals surface area contributed by atoms with Crippen molar-refractivity contribution in [2.75, 3.05) is 0 Å². The lowest BCUT2D eigenvalue weighted by Crippen LogP contribution is -2.48. The first-order valence-corrected chi connectivity index (χ1v) is 14.4. The monoisotopic (exact) mass is 581 g/mol. The molecular formula is C28H29BClN3O6S. The fourth-order valence-corrected chi connectivity index (χ4v) is 5.45. The van der Waals surface area contributed by atoms with Crippen molar-refractivity contribution in [3.8, 4) is 28.3 Å². The fourth-order valence-electron chi connectivity index (χ4n) is 4.20. The van der Waals surface area contributed by atoms with Gasteiger partial charge in [-0.1, -0.05) is 74.0 Å². The highest BCUT2D eigenvalue weighted by Crippen LogP contribution is 2.34. The van der Waals surface area contributed by atoms with E-state index < -0.39 is 29.1 Å². The molecule has 0 spiro atoms. The zero-order chi connectivity index (χ0) is 28.9. The summed E-state index contributed by atoms with van der Waals surface area (Å²) in [6, 6.07) is 23.4. The van der Waals surface area contributed by atoms with Gasteiger partial charge in [0.15, 0.2) is 5.75 Å². The number of benzene rings is 3. The van der Waals surface area contributed by atoms with Gasteiger partial charge < -0.3 is 19.5 Å². The lowest BCUT2D eigenvalue weighted by Gasteiger charge is -2.20. The van der Waals surface area contributed by atoms with E-state index in [1.54, 1.807) is 30.3 Å². The van der Waals surface area contributed by atoms with Crippen LogP contribution in [0.3, 0.4) is 0 Å². The third kappa shape index (κ3) is 7.31. The molecule has 0 aliphatic rings. The van der Waals surface area contributed by atoms with Crippen LogP contribution in [0.15, 0.2) is 89.8 Å². The second-order valence-electron chi connectivity index (χ2n) is 9.65. The van der Waals surface area contributed by atoms with E-state index >= 15 is 0 Å². The van der Waals surface area contributed by atoms with Crippen LogP contribution in [0.1, 0.15) is 20.3 Å². The van der Waals surface area contributed by atoms with Gasteiger partial charge in [-0.25, -0.2) is 0 Å². The number of hydrogen-bond donors (Lipinski definition) is 3. The molecule has 1 unspecified atom stereocenters. The Morgan fingerprint density at radius 2 is 1.73 bits per heavy atom. The molecule has 1 aromatic heterocycles. The number of hydrogen-bond acceptors (Lipinski definition) is 7. The van der Waals surface area contributed by atoms with Crippen molar-refractivity contribution in [3.63, 3.8) is 0 Å². The maximum absolute atomic E-state index is 13.0. The number of nitrogens with one attached hydrogen (secondary N) is 1. The van der Waals surface area contributed by atoms with Crippen LogP contribution in [-0.4, -0.2) is 47.2 Å². The highest BCUT2D eigenvalue weighted by atomic mass is 35.5. The minimum absolute atomic E-state index is 0.0524. The number of para-hydroxylation sites is 1. The van der Waals surface area contributed by atoms with Crippen molar-refractivity contribution >= 4 is 34.7 Å².